The zero-order valence-corrected chi connectivity index (χ0v) is 10.1. The highest BCUT2D eigenvalue weighted by Gasteiger charge is 2.14. The van der Waals surface area contributed by atoms with E-state index in [4.69, 9.17) is 15.2 Å². The van der Waals surface area contributed by atoms with Gasteiger partial charge >= 0.3 is 5.97 Å². The normalized spacial score (nSPS) is 11.7. The molecule has 1 heterocycles. The van der Waals surface area contributed by atoms with Crippen LogP contribution in [0.2, 0.25) is 0 Å². The van der Waals surface area contributed by atoms with Gasteiger partial charge in [-0.3, -0.25) is 0 Å². The predicted octanol–water partition coefficient (Wildman–Crippen LogP) is 0.431. The number of hydrogen-bond acceptors (Lipinski definition) is 7. The number of aromatic nitrogens is 2. The molecule has 0 saturated heterocycles. The van der Waals surface area contributed by atoms with Gasteiger partial charge in [0.15, 0.2) is 0 Å². The Kier molecular flexibility index (Phi) is 4.50. The zero-order valence-electron chi connectivity index (χ0n) is 10.1. The standard InChI is InChI=1S/C10H16N4O3/c1-4-17-9(15)6(2)12-7-5-8(16-3)14-10(11)13-7/h5-6H,4H2,1-3H3,(H3,11,12,13,14). The smallest absolute Gasteiger partial charge is 0.328 e. The Bertz CT molecular complexity index is 397. The molecular weight excluding hydrogens is 224 g/mol. The molecule has 94 valence electrons. The van der Waals surface area contributed by atoms with Crippen molar-refractivity contribution in [1.82, 2.24) is 9.97 Å². The Morgan fingerprint density at radius 2 is 2.29 bits per heavy atom. The largest absolute Gasteiger partial charge is 0.481 e. The third kappa shape index (κ3) is 3.78. The second kappa shape index (κ2) is 5.88. The first kappa shape index (κ1) is 13.0. The lowest BCUT2D eigenvalue weighted by Gasteiger charge is -2.13. The Morgan fingerprint density at radius 3 is 2.88 bits per heavy atom. The van der Waals surface area contributed by atoms with Crippen molar-refractivity contribution >= 4 is 17.7 Å². The Hall–Kier alpha value is -2.05. The van der Waals surface area contributed by atoms with Gasteiger partial charge in [0.05, 0.1) is 13.7 Å². The number of nitrogens with one attached hydrogen (secondary N) is 1. The van der Waals surface area contributed by atoms with Crippen molar-refractivity contribution in [1.29, 1.82) is 0 Å². The number of esters is 1. The highest BCUT2D eigenvalue weighted by Crippen LogP contribution is 2.14. The molecule has 0 spiro atoms. The van der Waals surface area contributed by atoms with E-state index in [0.29, 0.717) is 18.3 Å². The minimum absolute atomic E-state index is 0.0721. The molecule has 3 N–H and O–H groups in total. The van der Waals surface area contributed by atoms with Gasteiger partial charge in [0.25, 0.3) is 0 Å². The van der Waals surface area contributed by atoms with Gasteiger partial charge in [0, 0.05) is 6.07 Å². The molecule has 7 heteroatoms. The van der Waals surface area contributed by atoms with Gasteiger partial charge in [-0.2, -0.15) is 9.97 Å². The number of carbonyl (C=O) groups is 1. The van der Waals surface area contributed by atoms with Crippen LogP contribution in [0.15, 0.2) is 6.07 Å². The van der Waals surface area contributed by atoms with E-state index >= 15 is 0 Å². The van der Waals surface area contributed by atoms with Gasteiger partial charge in [-0.1, -0.05) is 0 Å². The first-order valence-corrected chi connectivity index (χ1v) is 5.18. The van der Waals surface area contributed by atoms with Crippen molar-refractivity contribution < 1.29 is 14.3 Å². The number of hydrogen-bond donors (Lipinski definition) is 2. The van der Waals surface area contributed by atoms with Crippen LogP contribution in [0.1, 0.15) is 13.8 Å². The summed E-state index contributed by atoms with van der Waals surface area (Å²) in [6, 6.07) is 1.03. The third-order valence-corrected chi connectivity index (χ3v) is 1.93. The van der Waals surface area contributed by atoms with Crippen molar-refractivity contribution in [3.05, 3.63) is 6.07 Å². The molecule has 0 aliphatic heterocycles. The topological polar surface area (TPSA) is 99.4 Å². The average Bonchev–Trinajstić information content (AvgIpc) is 2.28. The Labute approximate surface area is 99.3 Å². The van der Waals surface area contributed by atoms with E-state index in [-0.39, 0.29) is 11.9 Å². The lowest BCUT2D eigenvalue weighted by atomic mass is 10.3. The van der Waals surface area contributed by atoms with E-state index in [1.165, 1.54) is 7.11 Å². The van der Waals surface area contributed by atoms with E-state index in [1.54, 1.807) is 19.9 Å². The number of anilines is 2. The molecule has 1 aromatic rings. The number of carbonyl (C=O) groups excluding carboxylic acids is 1. The quantitative estimate of drug-likeness (QED) is 0.720. The molecule has 7 nitrogen and oxygen atoms in total. The molecule has 1 aromatic heterocycles. The van der Waals surface area contributed by atoms with Crippen LogP contribution in [0.5, 0.6) is 5.88 Å². The van der Waals surface area contributed by atoms with Crippen molar-refractivity contribution in [2.75, 3.05) is 24.8 Å². The zero-order chi connectivity index (χ0) is 12.8. The molecule has 1 atom stereocenters. The number of nitrogens with two attached hydrogens (primary N) is 1. The summed E-state index contributed by atoms with van der Waals surface area (Å²) in [4.78, 5) is 19.2. The van der Waals surface area contributed by atoms with E-state index in [0.717, 1.165) is 0 Å². The van der Waals surface area contributed by atoms with Crippen LogP contribution in [0.3, 0.4) is 0 Å². The lowest BCUT2D eigenvalue weighted by Crippen LogP contribution is -2.28. The minimum atomic E-state index is -0.519. The molecule has 0 aliphatic rings. The van der Waals surface area contributed by atoms with Crippen LogP contribution in [0.4, 0.5) is 11.8 Å². The van der Waals surface area contributed by atoms with Crippen LogP contribution >= 0.6 is 0 Å². The van der Waals surface area contributed by atoms with E-state index < -0.39 is 6.04 Å². The number of nitrogen functional groups attached to an aromatic ring is 1. The van der Waals surface area contributed by atoms with Gasteiger partial charge in [0.1, 0.15) is 11.9 Å². The second-order valence-corrected chi connectivity index (χ2v) is 3.27. The summed E-state index contributed by atoms with van der Waals surface area (Å²) in [5.41, 5.74) is 5.49. The highest BCUT2D eigenvalue weighted by molar-refractivity contribution is 5.78. The first-order chi connectivity index (χ1) is 8.06. The maximum Gasteiger partial charge on any atom is 0.328 e. The fourth-order valence-corrected chi connectivity index (χ4v) is 1.17. The van der Waals surface area contributed by atoms with Crippen molar-refractivity contribution in [3.8, 4) is 5.88 Å². The highest BCUT2D eigenvalue weighted by atomic mass is 16.5. The summed E-state index contributed by atoms with van der Waals surface area (Å²) >= 11 is 0. The maximum absolute atomic E-state index is 11.4. The third-order valence-electron chi connectivity index (χ3n) is 1.93. The minimum Gasteiger partial charge on any atom is -0.481 e. The fourth-order valence-electron chi connectivity index (χ4n) is 1.17. The van der Waals surface area contributed by atoms with Crippen LogP contribution in [0.25, 0.3) is 0 Å². The number of nitrogens with zero attached hydrogens (tertiary/aromatic N) is 2. The van der Waals surface area contributed by atoms with Crippen molar-refractivity contribution in [2.45, 2.75) is 19.9 Å². The summed E-state index contributed by atoms with van der Waals surface area (Å²) in [6.07, 6.45) is 0. The molecule has 0 amide bonds. The summed E-state index contributed by atoms with van der Waals surface area (Å²) in [6.45, 7) is 3.75. The molecular formula is C10H16N4O3. The van der Waals surface area contributed by atoms with E-state index in [2.05, 4.69) is 15.3 Å². The van der Waals surface area contributed by atoms with Crippen LogP contribution in [-0.4, -0.2) is 35.7 Å². The SMILES string of the molecule is CCOC(=O)C(C)Nc1cc(OC)nc(N)n1. The van der Waals surface area contributed by atoms with Gasteiger partial charge in [0.2, 0.25) is 11.8 Å². The predicted molar refractivity (Wildman–Crippen MR) is 62.7 cm³/mol. The first-order valence-electron chi connectivity index (χ1n) is 5.18. The van der Waals surface area contributed by atoms with Gasteiger partial charge in [-0.25, -0.2) is 4.79 Å². The van der Waals surface area contributed by atoms with Crippen LogP contribution < -0.4 is 15.8 Å². The van der Waals surface area contributed by atoms with E-state index in [1.807, 2.05) is 0 Å². The molecule has 0 aromatic carbocycles. The van der Waals surface area contributed by atoms with Crippen molar-refractivity contribution in [3.63, 3.8) is 0 Å². The average molecular weight is 240 g/mol. The summed E-state index contributed by atoms with van der Waals surface area (Å²) in [5, 5.41) is 2.86. The number of methoxy groups -OCH3 is 1. The lowest BCUT2D eigenvalue weighted by molar-refractivity contribution is -0.143. The molecule has 17 heavy (non-hydrogen) atoms. The monoisotopic (exact) mass is 240 g/mol. The summed E-state index contributed by atoms with van der Waals surface area (Å²) in [5.74, 6) is 0.456. The molecule has 1 unspecified atom stereocenters. The fraction of sp³-hybridized carbons (Fsp3) is 0.500. The molecule has 0 fully saturated rings. The Balaban J connectivity index is 2.73. The maximum atomic E-state index is 11.4. The molecule has 0 bridgehead atoms. The molecule has 1 rings (SSSR count). The molecule has 0 radical (unpaired) electrons. The van der Waals surface area contributed by atoms with Gasteiger partial charge in [-0.05, 0) is 13.8 Å². The van der Waals surface area contributed by atoms with E-state index in [9.17, 15) is 4.79 Å². The summed E-state index contributed by atoms with van der Waals surface area (Å²) < 4.78 is 9.79. The number of ether oxygens (including phenoxy) is 2. The van der Waals surface area contributed by atoms with Crippen molar-refractivity contribution in [2.24, 2.45) is 0 Å². The summed E-state index contributed by atoms with van der Waals surface area (Å²) in [7, 11) is 1.47. The van der Waals surface area contributed by atoms with Gasteiger partial charge in [-0.15, -0.1) is 0 Å². The van der Waals surface area contributed by atoms with Crippen LogP contribution in [-0.2, 0) is 9.53 Å². The van der Waals surface area contributed by atoms with Gasteiger partial charge < -0.3 is 20.5 Å². The number of rotatable bonds is 5. The molecule has 0 aliphatic carbocycles. The molecule has 0 saturated carbocycles. The Morgan fingerprint density at radius 1 is 1.59 bits per heavy atom. The van der Waals surface area contributed by atoms with Crippen LogP contribution in [0, 0.1) is 0 Å². The second-order valence-electron chi connectivity index (χ2n) is 3.27.